The molecule has 0 atom stereocenters. The molecule has 0 aromatic heterocycles. The van der Waals surface area contributed by atoms with Crippen molar-refractivity contribution in [3.05, 3.63) is 89.5 Å². The van der Waals surface area contributed by atoms with Crippen molar-refractivity contribution in [1.82, 2.24) is 0 Å². The normalized spacial score (nSPS) is 10.3. The highest BCUT2D eigenvalue weighted by Gasteiger charge is 2.14. The SMILES string of the molecule is COc1ccc(NC(=O)c2ccccc2CCc2ccccc2)c(OC)c1. The third-order valence-corrected chi connectivity index (χ3v) is 4.44. The van der Waals surface area contributed by atoms with Crippen LogP contribution in [0, 0.1) is 0 Å². The number of rotatable bonds is 7. The number of amides is 1. The fraction of sp³-hybridized carbons (Fsp3) is 0.174. The minimum atomic E-state index is -0.151. The van der Waals surface area contributed by atoms with E-state index in [1.165, 1.54) is 5.56 Å². The van der Waals surface area contributed by atoms with Crippen LogP contribution in [-0.2, 0) is 12.8 Å². The molecule has 0 fully saturated rings. The van der Waals surface area contributed by atoms with E-state index in [0.29, 0.717) is 22.7 Å². The lowest BCUT2D eigenvalue weighted by atomic mass is 9.99. The number of benzene rings is 3. The maximum Gasteiger partial charge on any atom is 0.256 e. The summed E-state index contributed by atoms with van der Waals surface area (Å²) in [5.41, 5.74) is 3.56. The van der Waals surface area contributed by atoms with Crippen molar-refractivity contribution in [1.29, 1.82) is 0 Å². The lowest BCUT2D eigenvalue weighted by molar-refractivity contribution is 0.102. The number of methoxy groups -OCH3 is 2. The minimum absolute atomic E-state index is 0.151. The number of ether oxygens (including phenoxy) is 2. The number of nitrogens with one attached hydrogen (secondary N) is 1. The molecule has 138 valence electrons. The molecule has 4 heteroatoms. The summed E-state index contributed by atoms with van der Waals surface area (Å²) in [6.07, 6.45) is 1.68. The van der Waals surface area contributed by atoms with Gasteiger partial charge in [0, 0.05) is 11.6 Å². The highest BCUT2D eigenvalue weighted by molar-refractivity contribution is 6.06. The standard InChI is InChI=1S/C23H23NO3/c1-26-19-14-15-21(22(16-19)27-2)24-23(25)20-11-7-6-10-18(20)13-12-17-8-4-3-5-9-17/h3-11,14-16H,12-13H2,1-2H3,(H,24,25). The average Bonchev–Trinajstić information content (AvgIpc) is 2.73. The van der Waals surface area contributed by atoms with Gasteiger partial charge in [-0.25, -0.2) is 0 Å². The number of aryl methyl sites for hydroxylation is 2. The third-order valence-electron chi connectivity index (χ3n) is 4.44. The van der Waals surface area contributed by atoms with Gasteiger partial charge in [-0.2, -0.15) is 0 Å². The van der Waals surface area contributed by atoms with Crippen LogP contribution in [0.2, 0.25) is 0 Å². The largest absolute Gasteiger partial charge is 0.497 e. The van der Waals surface area contributed by atoms with Gasteiger partial charge >= 0.3 is 0 Å². The fourth-order valence-corrected chi connectivity index (χ4v) is 2.97. The van der Waals surface area contributed by atoms with E-state index in [0.717, 1.165) is 18.4 Å². The second-order valence-electron chi connectivity index (χ2n) is 6.16. The molecule has 4 nitrogen and oxygen atoms in total. The van der Waals surface area contributed by atoms with E-state index in [-0.39, 0.29) is 5.91 Å². The molecule has 0 saturated heterocycles. The maximum absolute atomic E-state index is 12.9. The zero-order valence-corrected chi connectivity index (χ0v) is 15.6. The summed E-state index contributed by atoms with van der Waals surface area (Å²) in [6, 6.07) is 23.3. The van der Waals surface area contributed by atoms with Gasteiger partial charge in [-0.05, 0) is 42.2 Å². The van der Waals surface area contributed by atoms with Crippen molar-refractivity contribution in [2.75, 3.05) is 19.5 Å². The number of hydrogen-bond donors (Lipinski definition) is 1. The Kier molecular flexibility index (Phi) is 6.10. The molecule has 3 rings (SSSR count). The van der Waals surface area contributed by atoms with E-state index >= 15 is 0 Å². The molecule has 0 aliphatic heterocycles. The first-order chi connectivity index (χ1) is 13.2. The Balaban J connectivity index is 1.77. The number of hydrogen-bond acceptors (Lipinski definition) is 3. The molecule has 1 N–H and O–H groups in total. The van der Waals surface area contributed by atoms with Crippen molar-refractivity contribution in [2.24, 2.45) is 0 Å². The number of carbonyl (C=O) groups is 1. The molecule has 3 aromatic carbocycles. The topological polar surface area (TPSA) is 47.6 Å². The average molecular weight is 361 g/mol. The summed E-state index contributed by atoms with van der Waals surface area (Å²) in [5, 5.41) is 2.95. The molecular weight excluding hydrogens is 338 g/mol. The first-order valence-corrected chi connectivity index (χ1v) is 8.86. The number of carbonyl (C=O) groups excluding carboxylic acids is 1. The third kappa shape index (κ3) is 4.67. The molecule has 1 amide bonds. The van der Waals surface area contributed by atoms with Gasteiger partial charge in [-0.15, -0.1) is 0 Å². The molecule has 0 aliphatic rings. The van der Waals surface area contributed by atoms with E-state index in [2.05, 4.69) is 17.4 Å². The zero-order valence-electron chi connectivity index (χ0n) is 15.6. The van der Waals surface area contributed by atoms with E-state index in [1.807, 2.05) is 42.5 Å². The fourth-order valence-electron chi connectivity index (χ4n) is 2.97. The molecule has 0 unspecified atom stereocenters. The van der Waals surface area contributed by atoms with E-state index < -0.39 is 0 Å². The van der Waals surface area contributed by atoms with Crippen LogP contribution < -0.4 is 14.8 Å². The quantitative estimate of drug-likeness (QED) is 0.661. The first kappa shape index (κ1) is 18.5. The van der Waals surface area contributed by atoms with Crippen molar-refractivity contribution in [2.45, 2.75) is 12.8 Å². The molecule has 0 spiro atoms. The summed E-state index contributed by atoms with van der Waals surface area (Å²) in [6.45, 7) is 0. The van der Waals surface area contributed by atoms with Gasteiger partial charge in [0.15, 0.2) is 0 Å². The van der Waals surface area contributed by atoms with Gasteiger partial charge in [0.25, 0.3) is 5.91 Å². The Morgan fingerprint density at radius 3 is 2.33 bits per heavy atom. The van der Waals surface area contributed by atoms with E-state index in [9.17, 15) is 4.79 Å². The summed E-state index contributed by atoms with van der Waals surface area (Å²) >= 11 is 0. The minimum Gasteiger partial charge on any atom is -0.497 e. The molecule has 0 saturated carbocycles. The number of anilines is 1. The predicted molar refractivity (Wildman–Crippen MR) is 108 cm³/mol. The first-order valence-electron chi connectivity index (χ1n) is 8.86. The maximum atomic E-state index is 12.9. The molecule has 3 aromatic rings. The Hall–Kier alpha value is -3.27. The van der Waals surface area contributed by atoms with Gasteiger partial charge in [0.2, 0.25) is 0 Å². The highest BCUT2D eigenvalue weighted by Crippen LogP contribution is 2.29. The Labute approximate surface area is 159 Å². The van der Waals surface area contributed by atoms with Crippen LogP contribution in [0.25, 0.3) is 0 Å². The molecule has 27 heavy (non-hydrogen) atoms. The summed E-state index contributed by atoms with van der Waals surface area (Å²) in [4.78, 5) is 12.9. The Bertz CT molecular complexity index is 907. The second kappa shape index (κ2) is 8.90. The highest BCUT2D eigenvalue weighted by atomic mass is 16.5. The van der Waals surface area contributed by atoms with Crippen LogP contribution in [0.15, 0.2) is 72.8 Å². The van der Waals surface area contributed by atoms with E-state index in [4.69, 9.17) is 9.47 Å². The van der Waals surface area contributed by atoms with Crippen LogP contribution >= 0.6 is 0 Å². The smallest absolute Gasteiger partial charge is 0.256 e. The molecule has 0 radical (unpaired) electrons. The Morgan fingerprint density at radius 2 is 1.59 bits per heavy atom. The Morgan fingerprint density at radius 1 is 0.852 bits per heavy atom. The lowest BCUT2D eigenvalue weighted by Crippen LogP contribution is -2.15. The predicted octanol–water partition coefficient (Wildman–Crippen LogP) is 4.74. The van der Waals surface area contributed by atoms with Gasteiger partial charge in [0.05, 0.1) is 19.9 Å². The lowest BCUT2D eigenvalue weighted by Gasteiger charge is -2.13. The monoisotopic (exact) mass is 361 g/mol. The van der Waals surface area contributed by atoms with Crippen LogP contribution in [0.5, 0.6) is 11.5 Å². The van der Waals surface area contributed by atoms with E-state index in [1.54, 1.807) is 32.4 Å². The summed E-state index contributed by atoms with van der Waals surface area (Å²) in [5.74, 6) is 1.08. The van der Waals surface area contributed by atoms with Crippen LogP contribution in [0.1, 0.15) is 21.5 Å². The second-order valence-corrected chi connectivity index (χ2v) is 6.16. The summed E-state index contributed by atoms with van der Waals surface area (Å²) < 4.78 is 10.6. The zero-order chi connectivity index (χ0) is 19.1. The van der Waals surface area contributed by atoms with Gasteiger partial charge in [0.1, 0.15) is 11.5 Å². The molecule has 0 aliphatic carbocycles. The van der Waals surface area contributed by atoms with Crippen molar-refractivity contribution in [3.8, 4) is 11.5 Å². The van der Waals surface area contributed by atoms with Gasteiger partial charge in [-0.3, -0.25) is 4.79 Å². The van der Waals surface area contributed by atoms with Gasteiger partial charge in [-0.1, -0.05) is 48.5 Å². The molecule has 0 heterocycles. The van der Waals surface area contributed by atoms with Crippen LogP contribution in [0.4, 0.5) is 5.69 Å². The van der Waals surface area contributed by atoms with Crippen molar-refractivity contribution >= 4 is 11.6 Å². The van der Waals surface area contributed by atoms with Gasteiger partial charge < -0.3 is 14.8 Å². The molecular formula is C23H23NO3. The van der Waals surface area contributed by atoms with Crippen molar-refractivity contribution < 1.29 is 14.3 Å². The van der Waals surface area contributed by atoms with Crippen molar-refractivity contribution in [3.63, 3.8) is 0 Å². The van der Waals surface area contributed by atoms with Crippen LogP contribution in [0.3, 0.4) is 0 Å². The van der Waals surface area contributed by atoms with Crippen LogP contribution in [-0.4, -0.2) is 20.1 Å². The molecule has 0 bridgehead atoms. The summed E-state index contributed by atoms with van der Waals surface area (Å²) in [7, 11) is 3.16.